The number of rotatable bonds is 8. The zero-order chi connectivity index (χ0) is 15.0. The van der Waals surface area contributed by atoms with Crippen LogP contribution in [0.5, 0.6) is 0 Å². The van der Waals surface area contributed by atoms with Gasteiger partial charge in [0.15, 0.2) is 11.6 Å². The van der Waals surface area contributed by atoms with E-state index in [9.17, 15) is 22.8 Å². The summed E-state index contributed by atoms with van der Waals surface area (Å²) in [5.74, 6) is -0.276. The van der Waals surface area contributed by atoms with E-state index in [2.05, 4.69) is 0 Å². The van der Waals surface area contributed by atoms with Crippen molar-refractivity contribution >= 4 is 11.6 Å². The Hall–Kier alpha value is -1.39. The minimum atomic E-state index is -4.05. The maximum Gasteiger partial charge on any atom is 0.389 e. The van der Waals surface area contributed by atoms with Crippen molar-refractivity contribution in [3.05, 3.63) is 23.8 Å². The predicted molar refractivity (Wildman–Crippen MR) is 70.2 cm³/mol. The molecule has 2 nitrogen and oxygen atoms in total. The summed E-state index contributed by atoms with van der Waals surface area (Å²) in [6, 6.07) is 0. The van der Waals surface area contributed by atoms with Crippen LogP contribution in [0.4, 0.5) is 13.2 Å². The summed E-state index contributed by atoms with van der Waals surface area (Å²) >= 11 is 0. The molecule has 5 heteroatoms. The first kappa shape index (κ1) is 16.7. The first-order chi connectivity index (χ1) is 9.38. The summed E-state index contributed by atoms with van der Waals surface area (Å²) < 4.78 is 35.7. The molecule has 20 heavy (non-hydrogen) atoms. The van der Waals surface area contributed by atoms with Gasteiger partial charge in [0.1, 0.15) is 0 Å². The van der Waals surface area contributed by atoms with Crippen molar-refractivity contribution in [3.8, 4) is 0 Å². The van der Waals surface area contributed by atoms with E-state index in [0.717, 1.165) is 25.7 Å². The first-order valence-electron chi connectivity index (χ1n) is 6.92. The topological polar surface area (TPSA) is 34.1 Å². The van der Waals surface area contributed by atoms with Gasteiger partial charge in [-0.25, -0.2) is 0 Å². The van der Waals surface area contributed by atoms with E-state index in [1.54, 1.807) is 0 Å². The average molecular weight is 288 g/mol. The van der Waals surface area contributed by atoms with E-state index in [0.29, 0.717) is 18.4 Å². The summed E-state index contributed by atoms with van der Waals surface area (Å²) in [4.78, 5) is 22.5. The molecule has 0 fully saturated rings. The molecule has 0 N–H and O–H groups in total. The molecule has 0 radical (unpaired) electrons. The molecule has 0 aromatic heterocycles. The molecule has 0 bridgehead atoms. The summed E-state index contributed by atoms with van der Waals surface area (Å²) in [5.41, 5.74) is 0.537. The maximum atomic E-state index is 11.9. The first-order valence-corrected chi connectivity index (χ1v) is 6.92. The van der Waals surface area contributed by atoms with Crippen molar-refractivity contribution in [2.75, 3.05) is 0 Å². The number of unbranched alkanes of at least 4 members (excludes halogenated alkanes) is 5. The number of carbonyl (C=O) groups is 2. The highest BCUT2D eigenvalue weighted by Crippen LogP contribution is 2.23. The zero-order valence-electron chi connectivity index (χ0n) is 11.3. The van der Waals surface area contributed by atoms with Gasteiger partial charge in [0.2, 0.25) is 0 Å². The Kier molecular flexibility index (Phi) is 6.68. The second-order valence-electron chi connectivity index (χ2n) is 5.01. The molecule has 0 saturated carbocycles. The van der Waals surface area contributed by atoms with E-state index in [4.69, 9.17) is 0 Å². The Morgan fingerprint density at radius 3 is 2.10 bits per heavy atom. The monoisotopic (exact) mass is 288 g/mol. The second kappa shape index (κ2) is 8.02. The van der Waals surface area contributed by atoms with Crippen LogP contribution in [-0.2, 0) is 9.59 Å². The van der Waals surface area contributed by atoms with Crippen molar-refractivity contribution in [1.82, 2.24) is 0 Å². The quantitative estimate of drug-likeness (QED) is 0.493. The van der Waals surface area contributed by atoms with Gasteiger partial charge in [0.05, 0.1) is 0 Å². The third kappa shape index (κ3) is 7.26. The second-order valence-corrected chi connectivity index (χ2v) is 5.01. The lowest BCUT2D eigenvalue weighted by Crippen LogP contribution is -2.07. The molecule has 0 aromatic carbocycles. The van der Waals surface area contributed by atoms with E-state index in [1.165, 1.54) is 18.2 Å². The van der Waals surface area contributed by atoms with Crippen LogP contribution in [0.15, 0.2) is 23.8 Å². The van der Waals surface area contributed by atoms with Crippen LogP contribution in [0.1, 0.15) is 51.4 Å². The van der Waals surface area contributed by atoms with Crippen LogP contribution < -0.4 is 0 Å². The molecule has 112 valence electrons. The minimum absolute atomic E-state index is 0.116. The lowest BCUT2D eigenvalue weighted by molar-refractivity contribution is -0.135. The van der Waals surface area contributed by atoms with Crippen LogP contribution in [0.25, 0.3) is 0 Å². The molecule has 1 aliphatic rings. The van der Waals surface area contributed by atoms with E-state index < -0.39 is 12.6 Å². The molecule has 0 saturated heterocycles. The summed E-state index contributed by atoms with van der Waals surface area (Å²) in [6.07, 6.45) is 3.80. The zero-order valence-corrected chi connectivity index (χ0v) is 11.3. The number of hydrogen-bond donors (Lipinski definition) is 0. The van der Waals surface area contributed by atoms with Crippen LogP contribution in [0, 0.1) is 0 Å². The molecule has 0 heterocycles. The number of carbonyl (C=O) groups excluding carboxylic acids is 2. The van der Waals surface area contributed by atoms with E-state index in [-0.39, 0.29) is 18.0 Å². The lowest BCUT2D eigenvalue weighted by atomic mass is 9.97. The molecule has 1 rings (SSSR count). The Morgan fingerprint density at radius 2 is 1.45 bits per heavy atom. The average Bonchev–Trinajstić information content (AvgIpc) is 2.35. The summed E-state index contributed by atoms with van der Waals surface area (Å²) in [7, 11) is 0. The summed E-state index contributed by atoms with van der Waals surface area (Å²) in [5, 5.41) is 0. The fraction of sp³-hybridized carbons (Fsp3) is 0.600. The van der Waals surface area contributed by atoms with Gasteiger partial charge in [-0.1, -0.05) is 25.7 Å². The van der Waals surface area contributed by atoms with Crippen molar-refractivity contribution in [2.24, 2.45) is 0 Å². The van der Waals surface area contributed by atoms with E-state index >= 15 is 0 Å². The highest BCUT2D eigenvalue weighted by molar-refractivity contribution is 6.17. The minimum Gasteiger partial charge on any atom is -0.290 e. The molecule has 1 aliphatic carbocycles. The van der Waals surface area contributed by atoms with Crippen LogP contribution >= 0.6 is 0 Å². The molecule has 0 spiro atoms. The number of allylic oxidation sites excluding steroid dienone is 4. The molecule has 0 aromatic rings. The van der Waals surface area contributed by atoms with Crippen molar-refractivity contribution in [3.63, 3.8) is 0 Å². The van der Waals surface area contributed by atoms with Crippen LogP contribution in [0.3, 0.4) is 0 Å². The van der Waals surface area contributed by atoms with Crippen LogP contribution in [0.2, 0.25) is 0 Å². The Bertz CT molecular complexity index is 406. The number of halogens is 3. The van der Waals surface area contributed by atoms with Gasteiger partial charge in [0, 0.05) is 12.0 Å². The van der Waals surface area contributed by atoms with Crippen molar-refractivity contribution in [1.29, 1.82) is 0 Å². The molecular weight excluding hydrogens is 269 g/mol. The summed E-state index contributed by atoms with van der Waals surface area (Å²) in [6.45, 7) is 0. The largest absolute Gasteiger partial charge is 0.389 e. The Labute approximate surface area is 116 Å². The van der Waals surface area contributed by atoms with E-state index in [1.807, 2.05) is 0 Å². The van der Waals surface area contributed by atoms with Gasteiger partial charge >= 0.3 is 6.18 Å². The fourth-order valence-corrected chi connectivity index (χ4v) is 2.10. The predicted octanol–water partition coefficient (Wildman–Crippen LogP) is 4.30. The van der Waals surface area contributed by atoms with Gasteiger partial charge in [-0.15, -0.1) is 0 Å². The van der Waals surface area contributed by atoms with Crippen molar-refractivity contribution < 1.29 is 22.8 Å². The molecular formula is C15H19F3O2. The SMILES string of the molecule is O=C1C=CC(=O)C(CCCCCCCCC(F)(F)F)=C1. The van der Waals surface area contributed by atoms with Gasteiger partial charge in [-0.05, 0) is 37.5 Å². The third-order valence-corrected chi connectivity index (χ3v) is 3.19. The molecule has 0 unspecified atom stereocenters. The Balaban J connectivity index is 2.03. The van der Waals surface area contributed by atoms with Gasteiger partial charge in [-0.3, -0.25) is 9.59 Å². The number of hydrogen-bond acceptors (Lipinski definition) is 2. The fourth-order valence-electron chi connectivity index (χ4n) is 2.10. The number of alkyl halides is 3. The third-order valence-electron chi connectivity index (χ3n) is 3.19. The van der Waals surface area contributed by atoms with Gasteiger partial charge < -0.3 is 0 Å². The number of ketones is 2. The van der Waals surface area contributed by atoms with Crippen molar-refractivity contribution in [2.45, 2.75) is 57.5 Å². The normalized spacial score (nSPS) is 15.7. The van der Waals surface area contributed by atoms with Crippen LogP contribution in [-0.4, -0.2) is 17.7 Å². The van der Waals surface area contributed by atoms with Gasteiger partial charge in [0.25, 0.3) is 0 Å². The Morgan fingerprint density at radius 1 is 0.850 bits per heavy atom. The lowest BCUT2D eigenvalue weighted by Gasteiger charge is -2.07. The molecule has 0 aliphatic heterocycles. The molecule has 0 amide bonds. The standard InChI is InChI=1S/C15H19F3O2/c16-15(17,18)10-6-4-2-1-3-5-7-12-11-13(19)8-9-14(12)20/h8-9,11H,1-7,10H2. The highest BCUT2D eigenvalue weighted by Gasteiger charge is 2.25. The maximum absolute atomic E-state index is 11.9. The highest BCUT2D eigenvalue weighted by atomic mass is 19.4. The smallest absolute Gasteiger partial charge is 0.290 e. The molecule has 0 atom stereocenters. The van der Waals surface area contributed by atoms with Gasteiger partial charge in [-0.2, -0.15) is 13.2 Å².